The summed E-state index contributed by atoms with van der Waals surface area (Å²) in [7, 11) is 6.48. The lowest BCUT2D eigenvalue weighted by Crippen LogP contribution is -2.32. The SMILES string of the molecule is CN=C(NCCc1ncc(C)s1)Nc1cc(OC)c(OC)c(OC)c1. The van der Waals surface area contributed by atoms with Crippen LogP contribution in [0.1, 0.15) is 9.88 Å². The Balaban J connectivity index is 2.03. The molecule has 1 aromatic carbocycles. The molecule has 8 heteroatoms. The minimum Gasteiger partial charge on any atom is -0.493 e. The fourth-order valence-electron chi connectivity index (χ4n) is 2.27. The van der Waals surface area contributed by atoms with Gasteiger partial charge >= 0.3 is 0 Å². The van der Waals surface area contributed by atoms with Crippen LogP contribution in [0.5, 0.6) is 17.2 Å². The predicted molar refractivity (Wildman–Crippen MR) is 102 cm³/mol. The minimum atomic E-state index is 0.553. The second-order valence-electron chi connectivity index (χ2n) is 5.15. The maximum atomic E-state index is 5.36. The van der Waals surface area contributed by atoms with Gasteiger partial charge in [0.2, 0.25) is 5.75 Å². The molecule has 0 aliphatic carbocycles. The molecule has 0 bridgehead atoms. The summed E-state index contributed by atoms with van der Waals surface area (Å²) in [5.41, 5.74) is 0.785. The summed E-state index contributed by atoms with van der Waals surface area (Å²) in [5, 5.41) is 7.60. The number of hydrogen-bond donors (Lipinski definition) is 2. The summed E-state index contributed by atoms with van der Waals surface area (Å²) in [6, 6.07) is 3.66. The van der Waals surface area contributed by atoms with Crippen LogP contribution in [-0.4, -0.2) is 45.9 Å². The maximum absolute atomic E-state index is 5.36. The van der Waals surface area contributed by atoms with Crippen LogP contribution < -0.4 is 24.8 Å². The van der Waals surface area contributed by atoms with E-state index in [1.54, 1.807) is 39.7 Å². The fourth-order valence-corrected chi connectivity index (χ4v) is 3.06. The van der Waals surface area contributed by atoms with Crippen molar-refractivity contribution in [2.45, 2.75) is 13.3 Å². The van der Waals surface area contributed by atoms with Crippen molar-refractivity contribution in [2.24, 2.45) is 4.99 Å². The van der Waals surface area contributed by atoms with Crippen molar-refractivity contribution in [1.82, 2.24) is 10.3 Å². The first-order chi connectivity index (χ1) is 12.1. The van der Waals surface area contributed by atoms with Crippen molar-refractivity contribution in [3.63, 3.8) is 0 Å². The summed E-state index contributed by atoms with van der Waals surface area (Å²) in [6.45, 7) is 2.79. The lowest BCUT2D eigenvalue weighted by Gasteiger charge is -2.16. The third kappa shape index (κ3) is 4.99. The van der Waals surface area contributed by atoms with Gasteiger partial charge in [-0.3, -0.25) is 4.99 Å². The predicted octanol–water partition coefficient (Wildman–Crippen LogP) is 2.71. The van der Waals surface area contributed by atoms with E-state index in [9.17, 15) is 0 Å². The number of ether oxygens (including phenoxy) is 3. The fraction of sp³-hybridized carbons (Fsp3) is 0.412. The smallest absolute Gasteiger partial charge is 0.203 e. The molecule has 0 saturated heterocycles. The van der Waals surface area contributed by atoms with E-state index in [1.165, 1.54) is 4.88 Å². The van der Waals surface area contributed by atoms with Crippen LogP contribution in [0.4, 0.5) is 5.69 Å². The molecule has 0 radical (unpaired) electrons. The topological polar surface area (TPSA) is 77.0 Å². The molecule has 0 aliphatic heterocycles. The average molecular weight is 364 g/mol. The van der Waals surface area contributed by atoms with Crippen LogP contribution in [0.25, 0.3) is 0 Å². The van der Waals surface area contributed by atoms with Crippen molar-refractivity contribution in [3.05, 3.63) is 28.2 Å². The molecule has 7 nitrogen and oxygen atoms in total. The molecule has 0 aliphatic rings. The summed E-state index contributed by atoms with van der Waals surface area (Å²) >= 11 is 1.71. The number of guanidine groups is 1. The zero-order valence-electron chi connectivity index (χ0n) is 15.2. The van der Waals surface area contributed by atoms with Crippen molar-refractivity contribution in [2.75, 3.05) is 40.2 Å². The zero-order chi connectivity index (χ0) is 18.2. The molecule has 0 amide bonds. The van der Waals surface area contributed by atoms with E-state index in [1.807, 2.05) is 18.3 Å². The Morgan fingerprint density at radius 1 is 1.16 bits per heavy atom. The Labute approximate surface area is 152 Å². The number of aryl methyl sites for hydroxylation is 1. The third-order valence-corrected chi connectivity index (χ3v) is 4.42. The molecule has 2 rings (SSSR count). The van der Waals surface area contributed by atoms with Crippen molar-refractivity contribution in [3.8, 4) is 17.2 Å². The number of benzene rings is 1. The van der Waals surface area contributed by atoms with E-state index in [-0.39, 0.29) is 0 Å². The Kier molecular flexibility index (Phi) is 6.88. The van der Waals surface area contributed by atoms with Crippen LogP contribution in [0.3, 0.4) is 0 Å². The number of aromatic nitrogens is 1. The van der Waals surface area contributed by atoms with Crippen molar-refractivity contribution in [1.29, 1.82) is 0 Å². The van der Waals surface area contributed by atoms with Gasteiger partial charge in [0, 0.05) is 48.9 Å². The number of aliphatic imine (C=N–C) groups is 1. The Hall–Kier alpha value is -2.48. The number of nitrogens with one attached hydrogen (secondary N) is 2. The highest BCUT2D eigenvalue weighted by molar-refractivity contribution is 7.11. The Morgan fingerprint density at radius 2 is 1.84 bits per heavy atom. The number of methoxy groups -OCH3 is 3. The molecule has 1 heterocycles. The van der Waals surface area contributed by atoms with Crippen molar-refractivity contribution >= 4 is 23.0 Å². The first-order valence-corrected chi connectivity index (χ1v) is 8.61. The van der Waals surface area contributed by atoms with Gasteiger partial charge in [0.05, 0.1) is 26.3 Å². The normalized spacial score (nSPS) is 11.2. The number of thiazole rings is 1. The van der Waals surface area contributed by atoms with E-state index in [0.717, 1.165) is 23.7 Å². The summed E-state index contributed by atoms with van der Waals surface area (Å²) in [5.74, 6) is 2.37. The summed E-state index contributed by atoms with van der Waals surface area (Å²) in [6.07, 6.45) is 2.73. The average Bonchev–Trinajstić information content (AvgIpc) is 3.04. The maximum Gasteiger partial charge on any atom is 0.203 e. The second-order valence-corrected chi connectivity index (χ2v) is 6.47. The van der Waals surface area contributed by atoms with Crippen LogP contribution in [0, 0.1) is 6.92 Å². The molecule has 0 saturated carbocycles. The number of nitrogens with zero attached hydrogens (tertiary/aromatic N) is 2. The lowest BCUT2D eigenvalue weighted by molar-refractivity contribution is 0.324. The first-order valence-electron chi connectivity index (χ1n) is 7.80. The quantitative estimate of drug-likeness (QED) is 0.581. The van der Waals surface area contributed by atoms with E-state index < -0.39 is 0 Å². The molecule has 25 heavy (non-hydrogen) atoms. The van der Waals surface area contributed by atoms with Gasteiger partial charge in [0.25, 0.3) is 0 Å². The van der Waals surface area contributed by atoms with Gasteiger partial charge in [-0.1, -0.05) is 0 Å². The Bertz CT molecular complexity index is 705. The molecule has 0 fully saturated rings. The van der Waals surface area contributed by atoms with Crippen LogP contribution in [0.2, 0.25) is 0 Å². The number of rotatable bonds is 7. The molecular weight excluding hydrogens is 340 g/mol. The van der Waals surface area contributed by atoms with Gasteiger partial charge in [-0.25, -0.2) is 4.98 Å². The molecule has 0 spiro atoms. The second kappa shape index (κ2) is 9.12. The van der Waals surface area contributed by atoms with Crippen LogP contribution in [-0.2, 0) is 6.42 Å². The van der Waals surface area contributed by atoms with Gasteiger partial charge in [-0.15, -0.1) is 11.3 Å². The first kappa shape index (κ1) is 18.9. The van der Waals surface area contributed by atoms with Crippen LogP contribution >= 0.6 is 11.3 Å². The van der Waals surface area contributed by atoms with Gasteiger partial charge in [-0.2, -0.15) is 0 Å². The van der Waals surface area contributed by atoms with E-state index >= 15 is 0 Å². The molecule has 2 aromatic rings. The van der Waals surface area contributed by atoms with Crippen molar-refractivity contribution < 1.29 is 14.2 Å². The largest absolute Gasteiger partial charge is 0.493 e. The number of hydrogen-bond acceptors (Lipinski definition) is 6. The summed E-state index contributed by atoms with van der Waals surface area (Å²) < 4.78 is 16.1. The molecule has 0 unspecified atom stereocenters. The molecule has 136 valence electrons. The lowest BCUT2D eigenvalue weighted by atomic mass is 10.2. The highest BCUT2D eigenvalue weighted by atomic mass is 32.1. The molecule has 0 atom stereocenters. The van der Waals surface area contributed by atoms with E-state index in [2.05, 4.69) is 27.5 Å². The van der Waals surface area contributed by atoms with Gasteiger partial charge in [0.15, 0.2) is 17.5 Å². The van der Waals surface area contributed by atoms with Gasteiger partial charge in [0.1, 0.15) is 0 Å². The zero-order valence-corrected chi connectivity index (χ0v) is 16.0. The van der Waals surface area contributed by atoms with E-state index in [4.69, 9.17) is 14.2 Å². The third-order valence-electron chi connectivity index (χ3n) is 3.45. The molecular formula is C17H24N4O3S. The number of anilines is 1. The molecule has 1 aromatic heterocycles. The molecule has 2 N–H and O–H groups in total. The van der Waals surface area contributed by atoms with Gasteiger partial charge < -0.3 is 24.8 Å². The Morgan fingerprint density at radius 3 is 2.32 bits per heavy atom. The van der Waals surface area contributed by atoms with Crippen LogP contribution in [0.15, 0.2) is 23.3 Å². The van der Waals surface area contributed by atoms with E-state index in [0.29, 0.717) is 23.2 Å². The standard InChI is InChI=1S/C17H24N4O3S/c1-11-10-20-15(25-11)6-7-19-17(18-2)21-12-8-13(22-3)16(24-5)14(9-12)23-4/h8-10H,6-7H2,1-5H3,(H2,18,19,21). The highest BCUT2D eigenvalue weighted by Gasteiger charge is 2.14. The highest BCUT2D eigenvalue weighted by Crippen LogP contribution is 2.39. The summed E-state index contributed by atoms with van der Waals surface area (Å²) in [4.78, 5) is 9.81. The minimum absolute atomic E-state index is 0.553. The van der Waals surface area contributed by atoms with Gasteiger partial charge in [-0.05, 0) is 6.92 Å². The monoisotopic (exact) mass is 364 g/mol.